The minimum atomic E-state index is -3.59. The normalized spacial score (nSPS) is 13.0. The standard InChI is InChI=1S/C22H30N2O3S/c1-15(2)13-18-8-10-19(11-9-18)17(4)23-22(25)21-14-20(12-7-16(21)3)28(26,27)24(5)6/h7-12,14-15,17H,13H2,1-6H3,(H,23,25)/t17-/m1/s1. The van der Waals surface area contributed by atoms with E-state index in [0.717, 1.165) is 21.9 Å². The lowest BCUT2D eigenvalue weighted by Gasteiger charge is -2.17. The summed E-state index contributed by atoms with van der Waals surface area (Å²) >= 11 is 0. The van der Waals surface area contributed by atoms with Gasteiger partial charge >= 0.3 is 0 Å². The van der Waals surface area contributed by atoms with Crippen LogP contribution in [0.25, 0.3) is 0 Å². The van der Waals surface area contributed by atoms with E-state index >= 15 is 0 Å². The number of sulfonamides is 1. The highest BCUT2D eigenvalue weighted by Crippen LogP contribution is 2.20. The van der Waals surface area contributed by atoms with Crippen LogP contribution in [0.3, 0.4) is 0 Å². The lowest BCUT2D eigenvalue weighted by atomic mass is 9.99. The lowest BCUT2D eigenvalue weighted by molar-refractivity contribution is 0.0939. The topological polar surface area (TPSA) is 66.5 Å². The molecule has 1 amide bonds. The van der Waals surface area contributed by atoms with Crippen molar-refractivity contribution < 1.29 is 13.2 Å². The molecule has 0 unspecified atom stereocenters. The van der Waals surface area contributed by atoms with Gasteiger partial charge in [-0.05, 0) is 55.0 Å². The summed E-state index contributed by atoms with van der Waals surface area (Å²) in [5, 5.41) is 2.97. The number of hydrogen-bond acceptors (Lipinski definition) is 3. The molecule has 1 N–H and O–H groups in total. The van der Waals surface area contributed by atoms with Gasteiger partial charge in [0.2, 0.25) is 10.0 Å². The molecule has 0 aliphatic carbocycles. The predicted octanol–water partition coefficient (Wildman–Crippen LogP) is 3.93. The van der Waals surface area contributed by atoms with Gasteiger partial charge in [-0.15, -0.1) is 0 Å². The molecule has 0 aromatic heterocycles. The number of amides is 1. The number of benzene rings is 2. The highest BCUT2D eigenvalue weighted by Gasteiger charge is 2.21. The van der Waals surface area contributed by atoms with Crippen molar-refractivity contribution in [2.24, 2.45) is 5.92 Å². The minimum absolute atomic E-state index is 0.110. The molecule has 5 nitrogen and oxygen atoms in total. The van der Waals surface area contributed by atoms with E-state index in [0.29, 0.717) is 11.5 Å². The fourth-order valence-electron chi connectivity index (χ4n) is 2.99. The van der Waals surface area contributed by atoms with Crippen molar-refractivity contribution >= 4 is 15.9 Å². The molecule has 0 radical (unpaired) electrons. The van der Waals surface area contributed by atoms with E-state index in [1.807, 2.05) is 19.1 Å². The van der Waals surface area contributed by atoms with E-state index in [4.69, 9.17) is 0 Å². The average Bonchev–Trinajstić information content (AvgIpc) is 2.61. The summed E-state index contributed by atoms with van der Waals surface area (Å²) in [5.41, 5.74) is 3.38. The molecular weight excluding hydrogens is 372 g/mol. The molecule has 2 aromatic rings. The number of carbonyl (C=O) groups is 1. The zero-order chi connectivity index (χ0) is 21.1. The molecule has 0 saturated carbocycles. The SMILES string of the molecule is Cc1ccc(S(=O)(=O)N(C)C)cc1C(=O)N[C@H](C)c1ccc(CC(C)C)cc1. The van der Waals surface area contributed by atoms with E-state index < -0.39 is 10.0 Å². The van der Waals surface area contributed by atoms with Crippen molar-refractivity contribution in [1.82, 2.24) is 9.62 Å². The van der Waals surface area contributed by atoms with Crippen molar-refractivity contribution in [2.45, 2.75) is 45.1 Å². The van der Waals surface area contributed by atoms with Crippen LogP contribution < -0.4 is 5.32 Å². The quantitative estimate of drug-likeness (QED) is 0.763. The Labute approximate surface area is 168 Å². The van der Waals surface area contributed by atoms with Crippen LogP contribution in [0, 0.1) is 12.8 Å². The van der Waals surface area contributed by atoms with Crippen molar-refractivity contribution in [3.05, 3.63) is 64.7 Å². The molecule has 152 valence electrons. The summed E-state index contributed by atoms with van der Waals surface area (Å²) < 4.78 is 25.9. The Hall–Kier alpha value is -2.18. The maximum absolute atomic E-state index is 12.8. The van der Waals surface area contributed by atoms with Crippen LogP contribution in [0.1, 0.15) is 53.9 Å². The number of carbonyl (C=O) groups excluding carboxylic acids is 1. The molecule has 2 aromatic carbocycles. The highest BCUT2D eigenvalue weighted by atomic mass is 32.2. The first-order chi connectivity index (χ1) is 13.0. The predicted molar refractivity (Wildman–Crippen MR) is 113 cm³/mol. The van der Waals surface area contributed by atoms with Gasteiger partial charge in [-0.25, -0.2) is 12.7 Å². The fourth-order valence-corrected chi connectivity index (χ4v) is 3.92. The highest BCUT2D eigenvalue weighted by molar-refractivity contribution is 7.89. The summed E-state index contributed by atoms with van der Waals surface area (Å²) in [7, 11) is -0.647. The second kappa shape index (κ2) is 8.88. The number of hydrogen-bond donors (Lipinski definition) is 1. The van der Waals surface area contributed by atoms with Crippen LogP contribution >= 0.6 is 0 Å². The Balaban J connectivity index is 2.20. The van der Waals surface area contributed by atoms with Gasteiger partial charge in [0.1, 0.15) is 0 Å². The maximum atomic E-state index is 12.8. The lowest BCUT2D eigenvalue weighted by Crippen LogP contribution is -2.28. The van der Waals surface area contributed by atoms with E-state index in [-0.39, 0.29) is 16.8 Å². The summed E-state index contributed by atoms with van der Waals surface area (Å²) in [5.74, 6) is 0.309. The Morgan fingerprint density at radius 3 is 2.18 bits per heavy atom. The summed E-state index contributed by atoms with van der Waals surface area (Å²) in [6, 6.07) is 12.7. The van der Waals surface area contributed by atoms with Crippen LogP contribution in [0.2, 0.25) is 0 Å². The molecule has 6 heteroatoms. The minimum Gasteiger partial charge on any atom is -0.346 e. The van der Waals surface area contributed by atoms with Crippen LogP contribution in [0.15, 0.2) is 47.4 Å². The first-order valence-electron chi connectivity index (χ1n) is 9.45. The molecule has 2 rings (SSSR count). The molecule has 0 aliphatic heterocycles. The van der Waals surface area contributed by atoms with Gasteiger partial charge in [-0.1, -0.05) is 44.2 Å². The fraction of sp³-hybridized carbons (Fsp3) is 0.409. The smallest absolute Gasteiger partial charge is 0.252 e. The zero-order valence-electron chi connectivity index (χ0n) is 17.5. The zero-order valence-corrected chi connectivity index (χ0v) is 18.3. The molecular formula is C22H30N2O3S. The molecule has 0 spiro atoms. The third-order valence-electron chi connectivity index (χ3n) is 4.70. The van der Waals surface area contributed by atoms with Crippen molar-refractivity contribution in [3.63, 3.8) is 0 Å². The first kappa shape index (κ1) is 22.1. The van der Waals surface area contributed by atoms with Gasteiger partial charge in [0, 0.05) is 19.7 Å². The molecule has 28 heavy (non-hydrogen) atoms. The van der Waals surface area contributed by atoms with Gasteiger partial charge in [0.15, 0.2) is 0 Å². The summed E-state index contributed by atoms with van der Waals surface area (Å²) in [6.07, 6.45) is 1.02. The Morgan fingerprint density at radius 2 is 1.64 bits per heavy atom. The van der Waals surface area contributed by atoms with Crippen LogP contribution in [-0.2, 0) is 16.4 Å². The van der Waals surface area contributed by atoms with Gasteiger partial charge in [-0.3, -0.25) is 4.79 Å². The number of nitrogens with one attached hydrogen (secondary N) is 1. The molecule has 0 bridgehead atoms. The van der Waals surface area contributed by atoms with Crippen LogP contribution in [-0.4, -0.2) is 32.7 Å². The van der Waals surface area contributed by atoms with E-state index in [2.05, 4.69) is 31.3 Å². The molecule has 1 atom stereocenters. The summed E-state index contributed by atoms with van der Waals surface area (Å²) in [4.78, 5) is 12.9. The molecule has 0 aliphatic rings. The second-order valence-corrected chi connectivity index (χ2v) is 9.95. The van der Waals surface area contributed by atoms with E-state index in [9.17, 15) is 13.2 Å². The van der Waals surface area contributed by atoms with Gasteiger partial charge < -0.3 is 5.32 Å². The van der Waals surface area contributed by atoms with Crippen LogP contribution in [0.5, 0.6) is 0 Å². The van der Waals surface area contributed by atoms with E-state index in [1.165, 1.54) is 31.8 Å². The van der Waals surface area contributed by atoms with E-state index in [1.54, 1.807) is 13.0 Å². The molecule has 0 saturated heterocycles. The molecule has 0 fully saturated rings. The van der Waals surface area contributed by atoms with Crippen molar-refractivity contribution in [2.75, 3.05) is 14.1 Å². The van der Waals surface area contributed by atoms with Crippen molar-refractivity contribution in [1.29, 1.82) is 0 Å². The summed E-state index contributed by atoms with van der Waals surface area (Å²) in [6.45, 7) is 8.09. The van der Waals surface area contributed by atoms with Gasteiger partial charge in [-0.2, -0.15) is 0 Å². The largest absolute Gasteiger partial charge is 0.346 e. The van der Waals surface area contributed by atoms with Gasteiger partial charge in [0.25, 0.3) is 5.91 Å². The third kappa shape index (κ3) is 5.20. The first-order valence-corrected chi connectivity index (χ1v) is 10.9. The maximum Gasteiger partial charge on any atom is 0.252 e. The Morgan fingerprint density at radius 1 is 1.04 bits per heavy atom. The van der Waals surface area contributed by atoms with Crippen molar-refractivity contribution in [3.8, 4) is 0 Å². The number of aryl methyl sites for hydroxylation is 1. The average molecular weight is 403 g/mol. The van der Waals surface area contributed by atoms with Crippen LogP contribution in [0.4, 0.5) is 0 Å². The Bertz CT molecular complexity index is 933. The van der Waals surface area contributed by atoms with Gasteiger partial charge in [0.05, 0.1) is 10.9 Å². The number of nitrogens with zero attached hydrogens (tertiary/aromatic N) is 1. The number of rotatable bonds is 7. The third-order valence-corrected chi connectivity index (χ3v) is 6.51. The second-order valence-electron chi connectivity index (χ2n) is 7.80. The monoisotopic (exact) mass is 402 g/mol. The molecule has 0 heterocycles. The Kier molecular flexibility index (Phi) is 7.01.